The van der Waals surface area contributed by atoms with Crippen LogP contribution < -0.4 is 20.1 Å². The van der Waals surface area contributed by atoms with Crippen LogP contribution in [0.25, 0.3) is 0 Å². The summed E-state index contributed by atoms with van der Waals surface area (Å²) in [5, 5.41) is 4.86. The van der Waals surface area contributed by atoms with E-state index in [0.717, 1.165) is 0 Å². The van der Waals surface area contributed by atoms with Crippen molar-refractivity contribution in [2.24, 2.45) is 0 Å². The van der Waals surface area contributed by atoms with Crippen LogP contribution in [0.1, 0.15) is 45.0 Å². The molecule has 0 unspecified atom stereocenters. The number of hydrogen-bond donors (Lipinski definition) is 2. The molecule has 0 bridgehead atoms. The van der Waals surface area contributed by atoms with Gasteiger partial charge in [-0.15, -0.1) is 0 Å². The summed E-state index contributed by atoms with van der Waals surface area (Å²) in [6.07, 6.45) is -1.19. The third kappa shape index (κ3) is 6.97. The quantitative estimate of drug-likeness (QED) is 0.711. The van der Waals surface area contributed by atoms with Gasteiger partial charge in [-0.1, -0.05) is 11.6 Å². The van der Waals surface area contributed by atoms with Gasteiger partial charge in [-0.2, -0.15) is 0 Å². The minimum atomic E-state index is -1.19. The van der Waals surface area contributed by atoms with Crippen LogP contribution in [0.5, 0.6) is 11.5 Å². The molecule has 0 radical (unpaired) electrons. The molecule has 1 atom stereocenters. The van der Waals surface area contributed by atoms with E-state index in [9.17, 15) is 14.4 Å². The Morgan fingerprint density at radius 1 is 1.22 bits per heavy atom. The highest BCUT2D eigenvalue weighted by molar-refractivity contribution is 6.32. The zero-order valence-corrected chi connectivity index (χ0v) is 17.0. The van der Waals surface area contributed by atoms with E-state index >= 15 is 0 Å². The van der Waals surface area contributed by atoms with Crippen LogP contribution in [-0.2, 0) is 9.53 Å². The summed E-state index contributed by atoms with van der Waals surface area (Å²) in [5.74, 6) is -0.980. The Morgan fingerprint density at radius 3 is 2.37 bits per heavy atom. The van der Waals surface area contributed by atoms with E-state index in [1.807, 2.05) is 0 Å². The van der Waals surface area contributed by atoms with Crippen molar-refractivity contribution in [1.82, 2.24) is 10.6 Å². The smallest absolute Gasteiger partial charge is 0.339 e. The maximum atomic E-state index is 12.3. The van der Waals surface area contributed by atoms with E-state index in [1.54, 1.807) is 27.7 Å². The zero-order valence-electron chi connectivity index (χ0n) is 16.3. The van der Waals surface area contributed by atoms with Crippen molar-refractivity contribution in [3.8, 4) is 11.5 Å². The monoisotopic (exact) mass is 400 g/mol. The number of esters is 1. The maximum Gasteiger partial charge on any atom is 0.339 e. The van der Waals surface area contributed by atoms with Crippen molar-refractivity contribution in [3.05, 3.63) is 22.7 Å². The van der Waals surface area contributed by atoms with Crippen LogP contribution in [0, 0.1) is 0 Å². The zero-order chi connectivity index (χ0) is 20.8. The molecule has 0 aromatic heterocycles. The van der Waals surface area contributed by atoms with E-state index in [2.05, 4.69) is 10.6 Å². The Morgan fingerprint density at radius 2 is 1.85 bits per heavy atom. The molecule has 8 nitrogen and oxygen atoms in total. The van der Waals surface area contributed by atoms with Crippen LogP contribution in [0.3, 0.4) is 0 Å². The number of imide groups is 1. The first-order valence-electron chi connectivity index (χ1n) is 8.32. The molecule has 0 aliphatic heterocycles. The Labute approximate surface area is 163 Å². The first-order valence-corrected chi connectivity index (χ1v) is 8.70. The summed E-state index contributed by atoms with van der Waals surface area (Å²) in [6, 6.07) is 2.07. The molecule has 0 fully saturated rings. The second kappa shape index (κ2) is 9.45. The van der Waals surface area contributed by atoms with Gasteiger partial charge in [0.05, 0.1) is 24.3 Å². The van der Waals surface area contributed by atoms with E-state index in [-0.39, 0.29) is 16.3 Å². The van der Waals surface area contributed by atoms with Gasteiger partial charge in [0.1, 0.15) is 0 Å². The summed E-state index contributed by atoms with van der Waals surface area (Å²) in [4.78, 5) is 36.0. The summed E-state index contributed by atoms with van der Waals surface area (Å²) < 4.78 is 15.6. The summed E-state index contributed by atoms with van der Waals surface area (Å²) in [7, 11) is 1.41. The lowest BCUT2D eigenvalue weighted by Gasteiger charge is -2.21. The molecule has 0 aliphatic rings. The second-order valence-electron chi connectivity index (χ2n) is 6.66. The fourth-order valence-corrected chi connectivity index (χ4v) is 2.25. The number of nitrogens with one attached hydrogen (secondary N) is 2. The van der Waals surface area contributed by atoms with Crippen LogP contribution in [0.15, 0.2) is 12.1 Å². The van der Waals surface area contributed by atoms with Gasteiger partial charge in [-0.05, 0) is 46.8 Å². The number of halogens is 1. The highest BCUT2D eigenvalue weighted by Gasteiger charge is 2.24. The first kappa shape index (κ1) is 22.6. The van der Waals surface area contributed by atoms with Gasteiger partial charge in [0.2, 0.25) is 0 Å². The Balaban J connectivity index is 2.82. The molecule has 3 amide bonds. The van der Waals surface area contributed by atoms with Crippen LogP contribution in [0.2, 0.25) is 5.02 Å². The Bertz CT molecular complexity index is 715. The average Bonchev–Trinajstić information content (AvgIpc) is 2.54. The summed E-state index contributed by atoms with van der Waals surface area (Å²) >= 11 is 6.12. The predicted molar refractivity (Wildman–Crippen MR) is 100 cm³/mol. The minimum absolute atomic E-state index is 0.0825. The van der Waals surface area contributed by atoms with E-state index in [0.29, 0.717) is 12.4 Å². The lowest BCUT2D eigenvalue weighted by molar-refractivity contribution is -0.127. The Kier molecular flexibility index (Phi) is 7.90. The molecule has 9 heteroatoms. The maximum absolute atomic E-state index is 12.3. The number of rotatable bonds is 6. The molecule has 0 saturated heterocycles. The third-order valence-corrected chi connectivity index (χ3v) is 3.41. The van der Waals surface area contributed by atoms with Gasteiger partial charge < -0.3 is 19.5 Å². The van der Waals surface area contributed by atoms with Crippen molar-refractivity contribution in [2.75, 3.05) is 13.7 Å². The van der Waals surface area contributed by atoms with Gasteiger partial charge in [0.25, 0.3) is 5.91 Å². The molecule has 0 heterocycles. The number of benzene rings is 1. The van der Waals surface area contributed by atoms with Gasteiger partial charge >= 0.3 is 12.0 Å². The molecule has 27 heavy (non-hydrogen) atoms. The van der Waals surface area contributed by atoms with Gasteiger partial charge in [0, 0.05) is 5.54 Å². The molecule has 1 rings (SSSR count). The van der Waals surface area contributed by atoms with Crippen molar-refractivity contribution < 1.29 is 28.6 Å². The summed E-state index contributed by atoms with van der Waals surface area (Å²) in [6.45, 7) is 8.81. The molecular weight excluding hydrogens is 376 g/mol. The SMILES string of the molecule is CCOc1c(Cl)cc(C(=O)O[C@H](C)C(=O)NC(=O)NC(C)(C)C)cc1OC. The number of methoxy groups -OCH3 is 1. The predicted octanol–water partition coefficient (Wildman–Crippen LogP) is 2.92. The standard InChI is InChI=1S/C18H25ClN2O6/c1-7-26-14-12(19)8-11(9-13(14)25-6)16(23)27-10(2)15(22)20-17(24)21-18(3,4)5/h8-10H,7H2,1-6H3,(H2,20,21,22,24)/t10-/m1/s1. The van der Waals surface area contributed by atoms with E-state index in [1.165, 1.54) is 26.2 Å². The van der Waals surface area contributed by atoms with Gasteiger partial charge in [0.15, 0.2) is 17.6 Å². The fraction of sp³-hybridized carbons (Fsp3) is 0.500. The molecule has 150 valence electrons. The van der Waals surface area contributed by atoms with Crippen molar-refractivity contribution in [3.63, 3.8) is 0 Å². The molecule has 0 saturated carbocycles. The normalized spacial score (nSPS) is 12.0. The molecule has 0 spiro atoms. The number of hydrogen-bond acceptors (Lipinski definition) is 6. The van der Waals surface area contributed by atoms with Crippen molar-refractivity contribution in [2.45, 2.75) is 46.3 Å². The molecule has 1 aromatic rings. The Hall–Kier alpha value is -2.48. The van der Waals surface area contributed by atoms with Gasteiger partial charge in [-0.3, -0.25) is 10.1 Å². The number of amides is 3. The highest BCUT2D eigenvalue weighted by Crippen LogP contribution is 2.36. The van der Waals surface area contributed by atoms with Crippen LogP contribution in [0.4, 0.5) is 4.79 Å². The number of urea groups is 1. The fourth-order valence-electron chi connectivity index (χ4n) is 1.99. The van der Waals surface area contributed by atoms with Crippen molar-refractivity contribution >= 4 is 29.5 Å². The van der Waals surface area contributed by atoms with Gasteiger partial charge in [-0.25, -0.2) is 9.59 Å². The second-order valence-corrected chi connectivity index (χ2v) is 7.07. The van der Waals surface area contributed by atoms with Crippen LogP contribution >= 0.6 is 11.6 Å². The number of carbonyl (C=O) groups is 3. The highest BCUT2D eigenvalue weighted by atomic mass is 35.5. The van der Waals surface area contributed by atoms with E-state index in [4.69, 9.17) is 25.8 Å². The molecule has 1 aromatic carbocycles. The topological polar surface area (TPSA) is 103 Å². The summed E-state index contributed by atoms with van der Waals surface area (Å²) in [5.41, 5.74) is -0.432. The molecule has 0 aliphatic carbocycles. The van der Waals surface area contributed by atoms with E-state index < -0.39 is 29.6 Å². The largest absolute Gasteiger partial charge is 0.493 e. The number of ether oxygens (including phenoxy) is 3. The first-order chi connectivity index (χ1) is 12.5. The molecular formula is C18H25ClN2O6. The average molecular weight is 401 g/mol. The third-order valence-electron chi connectivity index (χ3n) is 3.13. The van der Waals surface area contributed by atoms with Crippen LogP contribution in [-0.4, -0.2) is 43.3 Å². The lowest BCUT2D eigenvalue weighted by atomic mass is 10.1. The molecule has 2 N–H and O–H groups in total. The lowest BCUT2D eigenvalue weighted by Crippen LogP contribution is -2.50. The number of carbonyl (C=O) groups excluding carboxylic acids is 3. The minimum Gasteiger partial charge on any atom is -0.493 e. The van der Waals surface area contributed by atoms with Crippen molar-refractivity contribution in [1.29, 1.82) is 0 Å².